The van der Waals surface area contributed by atoms with Crippen molar-refractivity contribution >= 4 is 10.9 Å². The van der Waals surface area contributed by atoms with Crippen LogP contribution in [0.2, 0.25) is 0 Å². The molecule has 3 heteroatoms. The molecular formula is C18H20N2O. The fraction of sp³-hybridized carbons (Fsp3) is 0.222. The first-order valence-corrected chi connectivity index (χ1v) is 7.33. The number of aromatic nitrogens is 1. The van der Waals surface area contributed by atoms with Crippen LogP contribution in [0.4, 0.5) is 0 Å². The van der Waals surface area contributed by atoms with E-state index in [1.54, 1.807) is 6.07 Å². The van der Waals surface area contributed by atoms with Crippen LogP contribution >= 0.6 is 0 Å². The van der Waals surface area contributed by atoms with E-state index in [2.05, 4.69) is 47.3 Å². The second-order valence-electron chi connectivity index (χ2n) is 5.25. The van der Waals surface area contributed by atoms with E-state index in [0.29, 0.717) is 5.75 Å². The van der Waals surface area contributed by atoms with Crippen LogP contribution in [0.15, 0.2) is 54.7 Å². The highest BCUT2D eigenvalue weighted by molar-refractivity contribution is 5.84. The lowest BCUT2D eigenvalue weighted by atomic mass is 10.2. The summed E-state index contributed by atoms with van der Waals surface area (Å²) in [6.45, 7) is 4.73. The summed E-state index contributed by atoms with van der Waals surface area (Å²) in [6.07, 6.45) is 2.21. The zero-order valence-corrected chi connectivity index (χ0v) is 12.2. The summed E-state index contributed by atoms with van der Waals surface area (Å²) in [6, 6.07) is 15.9. The van der Waals surface area contributed by atoms with E-state index in [0.717, 1.165) is 25.2 Å². The van der Waals surface area contributed by atoms with Crippen LogP contribution in [0, 0.1) is 0 Å². The van der Waals surface area contributed by atoms with E-state index >= 15 is 0 Å². The third kappa shape index (κ3) is 2.93. The fourth-order valence-electron chi connectivity index (χ4n) is 2.71. The van der Waals surface area contributed by atoms with Crippen molar-refractivity contribution in [1.29, 1.82) is 0 Å². The molecule has 0 aliphatic rings. The molecule has 3 aromatic rings. The molecule has 0 spiro atoms. The highest BCUT2D eigenvalue weighted by Gasteiger charge is 2.08. The topological polar surface area (TPSA) is 37.2 Å². The van der Waals surface area contributed by atoms with E-state index in [4.69, 9.17) is 0 Å². The summed E-state index contributed by atoms with van der Waals surface area (Å²) in [5.74, 6) is 0.317. The van der Waals surface area contributed by atoms with E-state index in [1.165, 1.54) is 16.5 Å². The molecule has 2 N–H and O–H groups in total. The van der Waals surface area contributed by atoms with Gasteiger partial charge in [-0.3, -0.25) is 0 Å². The lowest BCUT2D eigenvalue weighted by Gasteiger charge is -2.06. The Labute approximate surface area is 124 Å². The van der Waals surface area contributed by atoms with Gasteiger partial charge in [-0.15, -0.1) is 0 Å². The highest BCUT2D eigenvalue weighted by atomic mass is 16.3. The van der Waals surface area contributed by atoms with E-state index in [-0.39, 0.29) is 0 Å². The first-order chi connectivity index (χ1) is 10.3. The van der Waals surface area contributed by atoms with Gasteiger partial charge in [-0.2, -0.15) is 0 Å². The van der Waals surface area contributed by atoms with Gasteiger partial charge in [0.25, 0.3) is 0 Å². The zero-order chi connectivity index (χ0) is 14.7. The normalized spacial score (nSPS) is 11.1. The molecule has 0 fully saturated rings. The number of rotatable bonds is 5. The summed E-state index contributed by atoms with van der Waals surface area (Å²) >= 11 is 0. The van der Waals surface area contributed by atoms with Crippen molar-refractivity contribution in [3.8, 4) is 5.75 Å². The average molecular weight is 280 g/mol. The van der Waals surface area contributed by atoms with Gasteiger partial charge in [0.1, 0.15) is 5.75 Å². The Morgan fingerprint density at radius 2 is 1.95 bits per heavy atom. The van der Waals surface area contributed by atoms with Crippen molar-refractivity contribution in [3.05, 3.63) is 65.9 Å². The van der Waals surface area contributed by atoms with Crippen LogP contribution in [0.25, 0.3) is 10.9 Å². The van der Waals surface area contributed by atoms with E-state index < -0.39 is 0 Å². The summed E-state index contributed by atoms with van der Waals surface area (Å²) in [5.41, 5.74) is 3.65. The molecule has 3 rings (SSSR count). The Bertz CT molecular complexity index is 746. The number of fused-ring (bicyclic) bond motifs is 1. The molecule has 0 saturated heterocycles. The van der Waals surface area contributed by atoms with Gasteiger partial charge in [0.2, 0.25) is 0 Å². The van der Waals surface area contributed by atoms with Crippen LogP contribution in [0.5, 0.6) is 5.75 Å². The Balaban J connectivity index is 1.98. The lowest BCUT2D eigenvalue weighted by Crippen LogP contribution is -2.11. The van der Waals surface area contributed by atoms with Crippen LogP contribution in [0.3, 0.4) is 0 Å². The molecule has 0 unspecified atom stereocenters. The minimum Gasteiger partial charge on any atom is -0.508 e. The van der Waals surface area contributed by atoms with Crippen molar-refractivity contribution in [3.63, 3.8) is 0 Å². The Morgan fingerprint density at radius 3 is 2.76 bits per heavy atom. The smallest absolute Gasteiger partial charge is 0.115 e. The molecule has 0 radical (unpaired) electrons. The summed E-state index contributed by atoms with van der Waals surface area (Å²) in [4.78, 5) is 0. The number of benzene rings is 2. The SMILES string of the molecule is CCNCc1cn(Cc2cccc(O)c2)c2ccccc12. The Kier molecular flexibility index (Phi) is 3.93. The van der Waals surface area contributed by atoms with Crippen LogP contribution in [-0.2, 0) is 13.1 Å². The van der Waals surface area contributed by atoms with Crippen LogP contribution in [0.1, 0.15) is 18.1 Å². The Morgan fingerprint density at radius 1 is 1.10 bits per heavy atom. The van der Waals surface area contributed by atoms with Gasteiger partial charge in [-0.05, 0) is 35.9 Å². The molecule has 1 aromatic heterocycles. The first kappa shape index (κ1) is 13.7. The second kappa shape index (κ2) is 6.02. The molecule has 0 saturated carbocycles. The van der Waals surface area contributed by atoms with Gasteiger partial charge in [-0.1, -0.05) is 37.3 Å². The third-order valence-electron chi connectivity index (χ3n) is 3.70. The zero-order valence-electron chi connectivity index (χ0n) is 12.2. The molecule has 2 aromatic carbocycles. The number of para-hydroxylation sites is 1. The largest absolute Gasteiger partial charge is 0.508 e. The maximum Gasteiger partial charge on any atom is 0.115 e. The number of nitrogens with one attached hydrogen (secondary N) is 1. The molecule has 0 atom stereocenters. The molecule has 108 valence electrons. The minimum absolute atomic E-state index is 0.317. The fourth-order valence-corrected chi connectivity index (χ4v) is 2.71. The first-order valence-electron chi connectivity index (χ1n) is 7.33. The molecular weight excluding hydrogens is 260 g/mol. The van der Waals surface area contributed by atoms with E-state index in [1.807, 2.05) is 18.2 Å². The molecule has 21 heavy (non-hydrogen) atoms. The van der Waals surface area contributed by atoms with Crippen LogP contribution < -0.4 is 5.32 Å². The number of hydrogen-bond donors (Lipinski definition) is 2. The number of phenolic OH excluding ortho intramolecular Hbond substituents is 1. The number of nitrogens with zero attached hydrogens (tertiary/aromatic N) is 1. The Hall–Kier alpha value is -2.26. The predicted molar refractivity (Wildman–Crippen MR) is 86.5 cm³/mol. The number of hydrogen-bond acceptors (Lipinski definition) is 2. The minimum atomic E-state index is 0.317. The number of phenols is 1. The van der Waals surface area contributed by atoms with Crippen LogP contribution in [-0.4, -0.2) is 16.2 Å². The lowest BCUT2D eigenvalue weighted by molar-refractivity contribution is 0.474. The maximum absolute atomic E-state index is 9.61. The molecule has 0 amide bonds. The second-order valence-corrected chi connectivity index (χ2v) is 5.25. The highest BCUT2D eigenvalue weighted by Crippen LogP contribution is 2.23. The van der Waals surface area contributed by atoms with Crippen molar-refractivity contribution in [2.45, 2.75) is 20.0 Å². The standard InChI is InChI=1S/C18H20N2O/c1-2-19-11-15-13-20(18-9-4-3-8-17(15)18)12-14-6-5-7-16(21)10-14/h3-10,13,19,21H,2,11-12H2,1H3. The van der Waals surface area contributed by atoms with Crippen molar-refractivity contribution in [2.75, 3.05) is 6.54 Å². The van der Waals surface area contributed by atoms with Crippen molar-refractivity contribution in [1.82, 2.24) is 9.88 Å². The van der Waals surface area contributed by atoms with Crippen molar-refractivity contribution < 1.29 is 5.11 Å². The number of aromatic hydroxyl groups is 1. The van der Waals surface area contributed by atoms with Gasteiger partial charge in [0.15, 0.2) is 0 Å². The predicted octanol–water partition coefficient (Wildman–Crippen LogP) is 3.50. The molecule has 0 aliphatic heterocycles. The average Bonchev–Trinajstić information content (AvgIpc) is 2.84. The monoisotopic (exact) mass is 280 g/mol. The van der Waals surface area contributed by atoms with Gasteiger partial charge in [-0.25, -0.2) is 0 Å². The van der Waals surface area contributed by atoms with E-state index in [9.17, 15) is 5.11 Å². The quantitative estimate of drug-likeness (QED) is 0.750. The molecule has 3 nitrogen and oxygen atoms in total. The molecule has 0 aliphatic carbocycles. The van der Waals surface area contributed by atoms with Gasteiger partial charge in [0, 0.05) is 30.2 Å². The summed E-state index contributed by atoms with van der Waals surface area (Å²) < 4.78 is 2.25. The third-order valence-corrected chi connectivity index (χ3v) is 3.70. The van der Waals surface area contributed by atoms with Crippen molar-refractivity contribution in [2.24, 2.45) is 0 Å². The van der Waals surface area contributed by atoms with Gasteiger partial charge in [0.05, 0.1) is 0 Å². The van der Waals surface area contributed by atoms with Gasteiger partial charge < -0.3 is 15.0 Å². The summed E-state index contributed by atoms with van der Waals surface area (Å²) in [5, 5.41) is 14.3. The molecule has 1 heterocycles. The van der Waals surface area contributed by atoms with Gasteiger partial charge >= 0.3 is 0 Å². The summed E-state index contributed by atoms with van der Waals surface area (Å²) in [7, 11) is 0. The molecule has 0 bridgehead atoms. The maximum atomic E-state index is 9.61.